The first-order chi connectivity index (χ1) is 16.1. The molecule has 0 bridgehead atoms. The normalized spacial score (nSPS) is 13.8. The molecule has 0 unspecified atom stereocenters. The van der Waals surface area contributed by atoms with Crippen LogP contribution in [0.2, 0.25) is 5.02 Å². The molecule has 2 aromatic carbocycles. The van der Waals surface area contributed by atoms with Crippen molar-refractivity contribution in [3.63, 3.8) is 0 Å². The van der Waals surface area contributed by atoms with Gasteiger partial charge in [0.25, 0.3) is 0 Å². The number of likely N-dealkylation sites (tertiary alicyclic amines) is 1. The van der Waals surface area contributed by atoms with Crippen molar-refractivity contribution in [2.75, 3.05) is 38.4 Å². The molecule has 174 valence electrons. The van der Waals surface area contributed by atoms with E-state index in [0.717, 1.165) is 31.1 Å². The molecule has 0 saturated carbocycles. The highest BCUT2D eigenvalue weighted by molar-refractivity contribution is 7.99. The fraction of sp³-hybridized carbons (Fsp3) is 0.348. The quantitative estimate of drug-likeness (QED) is 0.451. The van der Waals surface area contributed by atoms with E-state index in [4.69, 9.17) is 21.1 Å². The van der Waals surface area contributed by atoms with Gasteiger partial charge < -0.3 is 14.8 Å². The highest BCUT2D eigenvalue weighted by Gasteiger charge is 2.20. The van der Waals surface area contributed by atoms with Gasteiger partial charge in [-0.3, -0.25) is 14.3 Å². The number of nitrogens with one attached hydrogen (secondary N) is 1. The maximum Gasteiger partial charge on any atom is 0.234 e. The minimum Gasteiger partial charge on any atom is -0.495 e. The number of hydrogen-bond donors (Lipinski definition) is 1. The summed E-state index contributed by atoms with van der Waals surface area (Å²) in [5.41, 5.74) is 1.47. The first-order valence-electron chi connectivity index (χ1n) is 10.6. The topological polar surface area (TPSA) is 81.5 Å². The second-order valence-electron chi connectivity index (χ2n) is 7.58. The van der Waals surface area contributed by atoms with Crippen molar-refractivity contribution < 1.29 is 14.3 Å². The number of rotatable bonds is 9. The molecule has 3 aromatic rings. The predicted octanol–water partition coefficient (Wildman–Crippen LogP) is 4.26. The first-order valence-corrected chi connectivity index (χ1v) is 12.0. The number of amides is 1. The molecule has 4 rings (SSSR count). The summed E-state index contributed by atoms with van der Waals surface area (Å²) in [5.74, 6) is 1.74. The van der Waals surface area contributed by atoms with Crippen molar-refractivity contribution in [3.8, 4) is 17.2 Å². The number of ether oxygens (including phenoxy) is 2. The maximum absolute atomic E-state index is 12.7. The third kappa shape index (κ3) is 5.61. The van der Waals surface area contributed by atoms with Crippen molar-refractivity contribution in [2.24, 2.45) is 0 Å². The Morgan fingerprint density at radius 1 is 1.09 bits per heavy atom. The molecule has 1 saturated heterocycles. The Morgan fingerprint density at radius 3 is 2.52 bits per heavy atom. The minimum atomic E-state index is -0.202. The van der Waals surface area contributed by atoms with Crippen LogP contribution >= 0.6 is 23.4 Å². The standard InChI is InChI=1S/C23H26ClN5O3S/c1-31-19-13-18(20(32-2)12-17(19)24)25-22(30)15-33-23-27-26-21(14-28-10-6-7-11-28)29(23)16-8-4-3-5-9-16/h3-5,8-9,12-13H,6-7,10-11,14-15H2,1-2H3,(H,25,30). The molecule has 1 aromatic heterocycles. The zero-order valence-corrected chi connectivity index (χ0v) is 20.2. The van der Waals surface area contributed by atoms with Crippen LogP contribution in [0.3, 0.4) is 0 Å². The zero-order valence-electron chi connectivity index (χ0n) is 18.6. The molecule has 1 amide bonds. The summed E-state index contributed by atoms with van der Waals surface area (Å²) >= 11 is 7.49. The number of thioether (sulfide) groups is 1. The Kier molecular flexibility index (Phi) is 7.74. The van der Waals surface area contributed by atoms with Crippen LogP contribution in [0.25, 0.3) is 5.69 Å². The molecule has 33 heavy (non-hydrogen) atoms. The highest BCUT2D eigenvalue weighted by Crippen LogP contribution is 2.36. The molecule has 10 heteroatoms. The second-order valence-corrected chi connectivity index (χ2v) is 8.93. The molecule has 0 atom stereocenters. The van der Waals surface area contributed by atoms with Crippen molar-refractivity contribution in [3.05, 3.63) is 53.3 Å². The third-order valence-corrected chi connectivity index (χ3v) is 6.58. The number of methoxy groups -OCH3 is 2. The first kappa shape index (κ1) is 23.4. The van der Waals surface area contributed by atoms with Gasteiger partial charge in [-0.15, -0.1) is 10.2 Å². The molecular weight excluding hydrogens is 462 g/mol. The van der Waals surface area contributed by atoms with Gasteiger partial charge in [0, 0.05) is 17.8 Å². The van der Waals surface area contributed by atoms with Gasteiger partial charge >= 0.3 is 0 Å². The number of para-hydroxylation sites is 1. The lowest BCUT2D eigenvalue weighted by molar-refractivity contribution is -0.113. The summed E-state index contributed by atoms with van der Waals surface area (Å²) in [6.45, 7) is 2.87. The van der Waals surface area contributed by atoms with Crippen LogP contribution in [-0.4, -0.2) is 58.6 Å². The van der Waals surface area contributed by atoms with Crippen molar-refractivity contribution in [2.45, 2.75) is 24.5 Å². The Morgan fingerprint density at radius 2 is 1.82 bits per heavy atom. The fourth-order valence-corrected chi connectivity index (χ4v) is 4.75. The lowest BCUT2D eigenvalue weighted by Crippen LogP contribution is -2.21. The van der Waals surface area contributed by atoms with Crippen molar-refractivity contribution >= 4 is 35.0 Å². The van der Waals surface area contributed by atoms with Gasteiger partial charge in [0.05, 0.1) is 37.2 Å². The molecule has 2 heterocycles. The lowest BCUT2D eigenvalue weighted by Gasteiger charge is -2.16. The van der Waals surface area contributed by atoms with Crippen molar-refractivity contribution in [1.29, 1.82) is 0 Å². The Bertz CT molecular complexity index is 1100. The molecule has 0 aliphatic carbocycles. The van der Waals surface area contributed by atoms with Crippen LogP contribution < -0.4 is 14.8 Å². The number of halogens is 1. The van der Waals surface area contributed by atoms with Crippen molar-refractivity contribution in [1.82, 2.24) is 19.7 Å². The van der Waals surface area contributed by atoms with Crippen LogP contribution in [0.5, 0.6) is 11.5 Å². The minimum absolute atomic E-state index is 0.156. The van der Waals surface area contributed by atoms with Gasteiger partial charge in [0.1, 0.15) is 11.5 Å². The van der Waals surface area contributed by atoms with Gasteiger partial charge in [-0.2, -0.15) is 0 Å². The summed E-state index contributed by atoms with van der Waals surface area (Å²) < 4.78 is 12.6. The zero-order chi connectivity index (χ0) is 23.2. The van der Waals surface area contributed by atoms with E-state index in [-0.39, 0.29) is 11.7 Å². The number of aromatic nitrogens is 3. The van der Waals surface area contributed by atoms with Crippen LogP contribution in [-0.2, 0) is 11.3 Å². The van der Waals surface area contributed by atoms with E-state index in [1.54, 1.807) is 12.1 Å². The summed E-state index contributed by atoms with van der Waals surface area (Å²) in [6.07, 6.45) is 2.42. The van der Waals surface area contributed by atoms with Crippen LogP contribution in [0.4, 0.5) is 5.69 Å². The number of benzene rings is 2. The Hall–Kier alpha value is -2.75. The van der Waals surface area contributed by atoms with E-state index in [0.29, 0.717) is 27.4 Å². The molecular formula is C23H26ClN5O3S. The number of nitrogens with zero attached hydrogens (tertiary/aromatic N) is 4. The monoisotopic (exact) mass is 487 g/mol. The van der Waals surface area contributed by atoms with Gasteiger partial charge in [0.2, 0.25) is 5.91 Å². The van der Waals surface area contributed by atoms with Crippen LogP contribution in [0, 0.1) is 0 Å². The summed E-state index contributed by atoms with van der Waals surface area (Å²) in [4.78, 5) is 15.1. The Balaban J connectivity index is 1.50. The van der Waals surface area contributed by atoms with E-state index in [9.17, 15) is 4.79 Å². The van der Waals surface area contributed by atoms with E-state index in [1.807, 2.05) is 34.9 Å². The summed E-state index contributed by atoms with van der Waals surface area (Å²) in [6, 6.07) is 13.2. The Labute approximate surface area is 202 Å². The number of carbonyl (C=O) groups is 1. The highest BCUT2D eigenvalue weighted by atomic mass is 35.5. The SMILES string of the molecule is COc1cc(NC(=O)CSc2nnc(CN3CCCC3)n2-c2ccccc2)c(OC)cc1Cl. The third-order valence-electron chi connectivity index (χ3n) is 5.36. The second kappa shape index (κ2) is 10.9. The molecule has 1 N–H and O–H groups in total. The van der Waals surface area contributed by atoms with E-state index in [2.05, 4.69) is 20.4 Å². The van der Waals surface area contributed by atoms with Gasteiger partial charge in [0.15, 0.2) is 11.0 Å². The maximum atomic E-state index is 12.7. The summed E-state index contributed by atoms with van der Waals surface area (Å²) in [5, 5.41) is 12.8. The largest absolute Gasteiger partial charge is 0.495 e. The molecule has 1 aliphatic rings. The predicted molar refractivity (Wildman–Crippen MR) is 130 cm³/mol. The molecule has 1 aliphatic heterocycles. The lowest BCUT2D eigenvalue weighted by atomic mass is 10.2. The van der Waals surface area contributed by atoms with Gasteiger partial charge in [-0.25, -0.2) is 0 Å². The van der Waals surface area contributed by atoms with E-state index in [1.165, 1.54) is 38.8 Å². The molecule has 1 fully saturated rings. The summed E-state index contributed by atoms with van der Waals surface area (Å²) in [7, 11) is 3.04. The van der Waals surface area contributed by atoms with Gasteiger partial charge in [-0.1, -0.05) is 41.6 Å². The van der Waals surface area contributed by atoms with Crippen LogP contribution in [0.15, 0.2) is 47.6 Å². The van der Waals surface area contributed by atoms with E-state index >= 15 is 0 Å². The number of carbonyl (C=O) groups excluding carboxylic acids is 1. The van der Waals surface area contributed by atoms with E-state index < -0.39 is 0 Å². The number of anilines is 1. The molecule has 0 spiro atoms. The average molecular weight is 488 g/mol. The molecule has 8 nitrogen and oxygen atoms in total. The van der Waals surface area contributed by atoms with Gasteiger partial charge in [-0.05, 0) is 38.1 Å². The number of hydrogen-bond acceptors (Lipinski definition) is 7. The average Bonchev–Trinajstić information content (AvgIpc) is 3.49. The smallest absolute Gasteiger partial charge is 0.234 e. The molecule has 0 radical (unpaired) electrons. The van der Waals surface area contributed by atoms with Crippen LogP contribution in [0.1, 0.15) is 18.7 Å². The fourth-order valence-electron chi connectivity index (χ4n) is 3.75.